The molecule has 1 aromatic carbocycles. The first-order chi connectivity index (χ1) is 8.66. The summed E-state index contributed by atoms with van der Waals surface area (Å²) in [6.07, 6.45) is 0. The fourth-order valence-electron chi connectivity index (χ4n) is 1.90. The first kappa shape index (κ1) is 12.7. The predicted molar refractivity (Wildman–Crippen MR) is 73.9 cm³/mol. The number of carbonyl (C=O) groups excluding carboxylic acids is 1. The smallest absolute Gasteiger partial charge is 0.244 e. The zero-order chi connectivity index (χ0) is 13.0. The molecule has 2 rings (SSSR count). The van der Waals surface area contributed by atoms with Gasteiger partial charge in [0.25, 0.3) is 0 Å². The number of benzene rings is 1. The molecule has 0 bridgehead atoms. The molecular formula is C13H20N4O. The van der Waals surface area contributed by atoms with Gasteiger partial charge >= 0.3 is 0 Å². The molecule has 18 heavy (non-hydrogen) atoms. The van der Waals surface area contributed by atoms with Crippen LogP contribution in [0.15, 0.2) is 24.3 Å². The van der Waals surface area contributed by atoms with Gasteiger partial charge in [-0.3, -0.25) is 4.79 Å². The van der Waals surface area contributed by atoms with Crippen LogP contribution in [0.25, 0.3) is 0 Å². The Balaban J connectivity index is 1.87. The summed E-state index contributed by atoms with van der Waals surface area (Å²) in [6.45, 7) is 2.14. The van der Waals surface area contributed by atoms with E-state index in [1.54, 1.807) is 0 Å². The Bertz CT molecular complexity index is 419. The Labute approximate surface area is 108 Å². The molecule has 1 aromatic rings. The third-order valence-electron chi connectivity index (χ3n) is 2.93. The van der Waals surface area contributed by atoms with Crippen molar-refractivity contribution in [1.29, 1.82) is 0 Å². The van der Waals surface area contributed by atoms with Gasteiger partial charge in [0, 0.05) is 19.6 Å². The van der Waals surface area contributed by atoms with Crippen LogP contribution in [0.5, 0.6) is 0 Å². The highest BCUT2D eigenvalue weighted by Gasteiger charge is 2.22. The van der Waals surface area contributed by atoms with Gasteiger partial charge in [-0.15, -0.1) is 0 Å². The number of likely N-dealkylation sites (N-methyl/N-ethyl adjacent to an activating group) is 1. The van der Waals surface area contributed by atoms with E-state index >= 15 is 0 Å². The summed E-state index contributed by atoms with van der Waals surface area (Å²) in [5.74, 6) is 0.0406. The topological polar surface area (TPSA) is 56.4 Å². The lowest BCUT2D eigenvalue weighted by Crippen LogP contribution is -2.47. The minimum absolute atomic E-state index is 0.0406. The van der Waals surface area contributed by atoms with Crippen molar-refractivity contribution in [2.24, 2.45) is 0 Å². The van der Waals surface area contributed by atoms with Gasteiger partial charge in [0.05, 0.1) is 11.4 Å². The van der Waals surface area contributed by atoms with E-state index in [4.69, 9.17) is 0 Å². The first-order valence-electron chi connectivity index (χ1n) is 6.18. The second-order valence-corrected chi connectivity index (χ2v) is 4.72. The molecule has 0 radical (unpaired) electrons. The van der Waals surface area contributed by atoms with Crippen LogP contribution in [-0.2, 0) is 4.79 Å². The first-order valence-corrected chi connectivity index (χ1v) is 6.18. The lowest BCUT2D eigenvalue weighted by molar-refractivity contribution is -0.121. The van der Waals surface area contributed by atoms with E-state index in [1.165, 1.54) is 0 Å². The van der Waals surface area contributed by atoms with Crippen molar-refractivity contribution in [2.45, 2.75) is 6.04 Å². The molecular weight excluding hydrogens is 228 g/mol. The van der Waals surface area contributed by atoms with Crippen molar-refractivity contribution in [1.82, 2.24) is 10.2 Å². The minimum Gasteiger partial charge on any atom is -0.381 e. The number of fused-ring (bicyclic) bond motifs is 1. The van der Waals surface area contributed by atoms with Crippen molar-refractivity contribution in [3.63, 3.8) is 0 Å². The number of nitrogens with zero attached hydrogens (tertiary/aromatic N) is 1. The maximum Gasteiger partial charge on any atom is 0.244 e. The Morgan fingerprint density at radius 3 is 2.83 bits per heavy atom. The number of carbonyl (C=O) groups is 1. The fraction of sp³-hybridized carbons (Fsp3) is 0.462. The van der Waals surface area contributed by atoms with Crippen LogP contribution in [0, 0.1) is 0 Å². The highest BCUT2D eigenvalue weighted by Crippen LogP contribution is 2.24. The van der Waals surface area contributed by atoms with Gasteiger partial charge in [-0.05, 0) is 26.2 Å². The van der Waals surface area contributed by atoms with E-state index in [0.717, 1.165) is 17.9 Å². The molecule has 0 aromatic heterocycles. The molecule has 1 atom stereocenters. The summed E-state index contributed by atoms with van der Waals surface area (Å²) in [5.41, 5.74) is 2.03. The van der Waals surface area contributed by atoms with Gasteiger partial charge in [-0.2, -0.15) is 0 Å². The molecule has 0 saturated heterocycles. The molecule has 0 spiro atoms. The third-order valence-corrected chi connectivity index (χ3v) is 2.93. The number of hydrogen-bond donors (Lipinski definition) is 3. The van der Waals surface area contributed by atoms with Gasteiger partial charge in [0.15, 0.2) is 0 Å². The predicted octanol–water partition coefficient (Wildman–Crippen LogP) is 0.570. The quantitative estimate of drug-likeness (QED) is 0.729. The summed E-state index contributed by atoms with van der Waals surface area (Å²) in [4.78, 5) is 14.0. The molecule has 0 fully saturated rings. The molecule has 1 unspecified atom stereocenters. The van der Waals surface area contributed by atoms with Crippen molar-refractivity contribution in [3.05, 3.63) is 24.3 Å². The molecule has 3 N–H and O–H groups in total. The number of para-hydroxylation sites is 2. The molecule has 1 aliphatic heterocycles. The van der Waals surface area contributed by atoms with Crippen LogP contribution >= 0.6 is 0 Å². The van der Waals surface area contributed by atoms with Gasteiger partial charge < -0.3 is 20.9 Å². The van der Waals surface area contributed by atoms with Crippen molar-refractivity contribution < 1.29 is 4.79 Å². The maximum atomic E-state index is 12.0. The zero-order valence-corrected chi connectivity index (χ0v) is 10.9. The summed E-state index contributed by atoms with van der Waals surface area (Å²) in [7, 11) is 3.98. The van der Waals surface area contributed by atoms with Crippen molar-refractivity contribution in [2.75, 3.05) is 44.4 Å². The summed E-state index contributed by atoms with van der Waals surface area (Å²) < 4.78 is 0. The van der Waals surface area contributed by atoms with E-state index in [0.29, 0.717) is 13.1 Å². The second-order valence-electron chi connectivity index (χ2n) is 4.72. The molecule has 5 heteroatoms. The Hall–Kier alpha value is -1.75. The molecule has 98 valence electrons. The molecule has 0 aliphatic carbocycles. The van der Waals surface area contributed by atoms with Gasteiger partial charge in [-0.25, -0.2) is 0 Å². The van der Waals surface area contributed by atoms with E-state index in [9.17, 15) is 4.79 Å². The monoisotopic (exact) mass is 248 g/mol. The summed E-state index contributed by atoms with van der Waals surface area (Å²) in [5, 5.41) is 9.44. The Morgan fingerprint density at radius 1 is 1.39 bits per heavy atom. The molecule has 5 nitrogen and oxygen atoms in total. The molecule has 0 saturated carbocycles. The average Bonchev–Trinajstić information content (AvgIpc) is 2.37. The van der Waals surface area contributed by atoms with Gasteiger partial charge in [0.2, 0.25) is 5.91 Å². The van der Waals surface area contributed by atoms with Crippen molar-refractivity contribution in [3.8, 4) is 0 Å². The number of rotatable bonds is 4. The summed E-state index contributed by atoms with van der Waals surface area (Å²) >= 11 is 0. The van der Waals surface area contributed by atoms with Gasteiger partial charge in [0.1, 0.15) is 6.04 Å². The average molecular weight is 248 g/mol. The second kappa shape index (κ2) is 5.73. The van der Waals surface area contributed by atoms with Crippen LogP contribution in [0.4, 0.5) is 11.4 Å². The van der Waals surface area contributed by atoms with E-state index in [-0.39, 0.29) is 11.9 Å². The minimum atomic E-state index is -0.206. The Morgan fingerprint density at radius 2 is 2.11 bits per heavy atom. The van der Waals surface area contributed by atoms with Gasteiger partial charge in [-0.1, -0.05) is 12.1 Å². The van der Waals surface area contributed by atoms with Crippen LogP contribution in [0.2, 0.25) is 0 Å². The molecule has 1 aliphatic rings. The molecule has 1 heterocycles. The number of hydrogen-bond acceptors (Lipinski definition) is 4. The van der Waals surface area contributed by atoms with E-state index in [1.807, 2.05) is 43.3 Å². The highest BCUT2D eigenvalue weighted by atomic mass is 16.2. The fourth-order valence-corrected chi connectivity index (χ4v) is 1.90. The Kier molecular flexibility index (Phi) is 4.04. The summed E-state index contributed by atoms with van der Waals surface area (Å²) in [6, 6.07) is 7.71. The number of amides is 1. The lowest BCUT2D eigenvalue weighted by Gasteiger charge is -2.27. The number of anilines is 2. The number of nitrogens with one attached hydrogen (secondary N) is 3. The molecule has 1 amide bonds. The highest BCUT2D eigenvalue weighted by molar-refractivity contribution is 5.88. The largest absolute Gasteiger partial charge is 0.381 e. The third kappa shape index (κ3) is 3.13. The van der Waals surface area contributed by atoms with E-state index < -0.39 is 0 Å². The van der Waals surface area contributed by atoms with Crippen molar-refractivity contribution >= 4 is 17.3 Å². The van der Waals surface area contributed by atoms with E-state index in [2.05, 4.69) is 16.0 Å². The normalized spacial score (nSPS) is 17.6. The van der Waals surface area contributed by atoms with Crippen LogP contribution < -0.4 is 16.0 Å². The lowest BCUT2D eigenvalue weighted by atomic mass is 10.1. The van der Waals surface area contributed by atoms with Crippen LogP contribution in [0.3, 0.4) is 0 Å². The maximum absolute atomic E-state index is 12.0. The van der Waals surface area contributed by atoms with Crippen LogP contribution in [0.1, 0.15) is 0 Å². The standard InChI is InChI=1S/C13H20N4O/c1-17(2)8-7-14-13(18)12-9-15-10-5-3-4-6-11(10)16-12/h3-6,12,15-16H,7-9H2,1-2H3,(H,14,18). The van der Waals surface area contributed by atoms with Crippen LogP contribution in [-0.4, -0.2) is 50.6 Å². The zero-order valence-electron chi connectivity index (χ0n) is 10.9. The SMILES string of the molecule is CN(C)CCNC(=O)C1CNc2ccccc2N1.